The van der Waals surface area contributed by atoms with Crippen LogP contribution >= 0.6 is 0 Å². The Bertz CT molecular complexity index is 214. The molecule has 94 valence electrons. The van der Waals surface area contributed by atoms with E-state index in [4.69, 9.17) is 14.6 Å². The highest BCUT2D eigenvalue weighted by molar-refractivity contribution is 5.70. The van der Waals surface area contributed by atoms with E-state index >= 15 is 0 Å². The Morgan fingerprint density at radius 3 is 2.19 bits per heavy atom. The molecule has 1 unspecified atom stereocenters. The van der Waals surface area contributed by atoms with Crippen molar-refractivity contribution in [3.63, 3.8) is 0 Å². The molecule has 16 heavy (non-hydrogen) atoms. The van der Waals surface area contributed by atoms with E-state index in [1.165, 1.54) is 0 Å². The number of carbonyl (C=O) groups excluding carboxylic acids is 2. The Kier molecular flexibility index (Phi) is 8.52. The van der Waals surface area contributed by atoms with Crippen LogP contribution in [-0.2, 0) is 19.1 Å². The van der Waals surface area contributed by atoms with Crippen LogP contribution in [0.4, 0.5) is 0 Å². The quantitative estimate of drug-likeness (QED) is 0.633. The number of hydrogen-bond acceptors (Lipinski definition) is 5. The summed E-state index contributed by atoms with van der Waals surface area (Å²) in [7, 11) is 0. The zero-order valence-corrected chi connectivity index (χ0v) is 9.90. The van der Waals surface area contributed by atoms with Gasteiger partial charge in [-0.3, -0.25) is 9.59 Å². The van der Waals surface area contributed by atoms with Crippen LogP contribution in [0.25, 0.3) is 0 Å². The van der Waals surface area contributed by atoms with Gasteiger partial charge in [0.25, 0.3) is 0 Å². The van der Waals surface area contributed by atoms with Crippen LogP contribution in [0.15, 0.2) is 0 Å². The van der Waals surface area contributed by atoms with E-state index in [-0.39, 0.29) is 25.2 Å². The lowest BCUT2D eigenvalue weighted by atomic mass is 10.3. The first-order chi connectivity index (χ1) is 7.63. The van der Waals surface area contributed by atoms with Crippen molar-refractivity contribution < 1.29 is 24.2 Å². The number of ether oxygens (including phenoxy) is 2. The van der Waals surface area contributed by atoms with E-state index in [1.54, 1.807) is 0 Å². The normalized spacial score (nSPS) is 11.9. The molecule has 0 aromatic carbocycles. The highest BCUT2D eigenvalue weighted by atomic mass is 16.6. The molecule has 0 radical (unpaired) electrons. The summed E-state index contributed by atoms with van der Waals surface area (Å²) in [4.78, 5) is 22.1. The van der Waals surface area contributed by atoms with E-state index < -0.39 is 6.10 Å². The Labute approximate surface area is 95.7 Å². The zero-order chi connectivity index (χ0) is 12.4. The molecule has 0 aromatic rings. The fourth-order valence-corrected chi connectivity index (χ4v) is 1.04. The molecule has 0 bridgehead atoms. The summed E-state index contributed by atoms with van der Waals surface area (Å²) in [5.41, 5.74) is 0. The Balaban J connectivity index is 3.82. The fraction of sp³-hybridized carbons (Fsp3) is 0.818. The number of hydrogen-bond donors (Lipinski definition) is 1. The van der Waals surface area contributed by atoms with Crippen LogP contribution in [0.5, 0.6) is 0 Å². The smallest absolute Gasteiger partial charge is 0.306 e. The van der Waals surface area contributed by atoms with Gasteiger partial charge in [-0.2, -0.15) is 0 Å². The molecular formula is C11H20O5. The van der Waals surface area contributed by atoms with Gasteiger partial charge in [0.2, 0.25) is 0 Å². The molecule has 0 aliphatic rings. The third-order valence-corrected chi connectivity index (χ3v) is 1.84. The van der Waals surface area contributed by atoms with Gasteiger partial charge in [-0.25, -0.2) is 0 Å². The van der Waals surface area contributed by atoms with Gasteiger partial charge in [0.15, 0.2) is 6.10 Å². The number of carbonyl (C=O) groups is 2. The molecule has 1 atom stereocenters. The Hall–Kier alpha value is -1.10. The highest BCUT2D eigenvalue weighted by Crippen LogP contribution is 2.00. The van der Waals surface area contributed by atoms with Gasteiger partial charge in [0.05, 0.1) is 6.61 Å². The number of aliphatic hydroxyl groups is 1. The molecule has 5 heteroatoms. The summed E-state index contributed by atoms with van der Waals surface area (Å²) in [6.07, 6.45) is 1.28. The predicted molar refractivity (Wildman–Crippen MR) is 57.7 cm³/mol. The maximum Gasteiger partial charge on any atom is 0.306 e. The first-order valence-corrected chi connectivity index (χ1v) is 5.59. The standard InChI is InChI=1S/C11H20O5/c1-3-5-10(13)15-8-9(7-12)16-11(14)6-4-2/h9,12H,3-8H2,1-2H3. The molecular weight excluding hydrogens is 212 g/mol. The minimum absolute atomic E-state index is 0.0786. The monoisotopic (exact) mass is 232 g/mol. The lowest BCUT2D eigenvalue weighted by molar-refractivity contribution is -0.161. The molecule has 0 aromatic heterocycles. The lowest BCUT2D eigenvalue weighted by Gasteiger charge is -2.15. The van der Waals surface area contributed by atoms with Gasteiger partial charge in [0, 0.05) is 12.8 Å². The highest BCUT2D eigenvalue weighted by Gasteiger charge is 2.15. The average Bonchev–Trinajstić information content (AvgIpc) is 2.25. The third kappa shape index (κ3) is 7.23. The minimum Gasteiger partial charge on any atom is -0.462 e. The Morgan fingerprint density at radius 1 is 1.12 bits per heavy atom. The molecule has 1 N–H and O–H groups in total. The number of esters is 2. The maximum absolute atomic E-state index is 11.1. The molecule has 0 saturated carbocycles. The van der Waals surface area contributed by atoms with E-state index in [1.807, 2.05) is 13.8 Å². The van der Waals surface area contributed by atoms with Crippen molar-refractivity contribution in [1.29, 1.82) is 0 Å². The first-order valence-electron chi connectivity index (χ1n) is 5.59. The van der Waals surface area contributed by atoms with Crippen molar-refractivity contribution in [2.75, 3.05) is 13.2 Å². The minimum atomic E-state index is -0.750. The summed E-state index contributed by atoms with van der Waals surface area (Å²) in [6, 6.07) is 0. The maximum atomic E-state index is 11.1. The molecule has 0 aliphatic heterocycles. The average molecular weight is 232 g/mol. The number of rotatable bonds is 8. The molecule has 0 fully saturated rings. The van der Waals surface area contributed by atoms with Crippen molar-refractivity contribution in [2.45, 2.75) is 45.6 Å². The van der Waals surface area contributed by atoms with Gasteiger partial charge >= 0.3 is 11.9 Å². The van der Waals surface area contributed by atoms with Crippen LogP contribution in [0, 0.1) is 0 Å². The van der Waals surface area contributed by atoms with Crippen LogP contribution in [0.1, 0.15) is 39.5 Å². The van der Waals surface area contributed by atoms with Gasteiger partial charge in [0.1, 0.15) is 6.61 Å². The van der Waals surface area contributed by atoms with Crippen LogP contribution in [0.3, 0.4) is 0 Å². The summed E-state index contributed by atoms with van der Waals surface area (Å²) in [5, 5.41) is 8.92. The molecule has 0 spiro atoms. The van der Waals surface area contributed by atoms with E-state index in [2.05, 4.69) is 0 Å². The van der Waals surface area contributed by atoms with Gasteiger partial charge in [-0.05, 0) is 12.8 Å². The van der Waals surface area contributed by atoms with Crippen molar-refractivity contribution in [1.82, 2.24) is 0 Å². The first kappa shape index (κ1) is 14.9. The van der Waals surface area contributed by atoms with Gasteiger partial charge in [-0.15, -0.1) is 0 Å². The second-order valence-corrected chi connectivity index (χ2v) is 3.48. The van der Waals surface area contributed by atoms with Crippen LogP contribution in [0.2, 0.25) is 0 Å². The fourth-order valence-electron chi connectivity index (χ4n) is 1.04. The largest absolute Gasteiger partial charge is 0.462 e. The summed E-state index contributed by atoms with van der Waals surface area (Å²) < 4.78 is 9.74. The molecule has 0 saturated heterocycles. The summed E-state index contributed by atoms with van der Waals surface area (Å²) in [6.45, 7) is 3.31. The third-order valence-electron chi connectivity index (χ3n) is 1.84. The van der Waals surface area contributed by atoms with Crippen molar-refractivity contribution in [3.05, 3.63) is 0 Å². The van der Waals surface area contributed by atoms with Crippen molar-refractivity contribution in [2.24, 2.45) is 0 Å². The van der Waals surface area contributed by atoms with E-state index in [0.29, 0.717) is 25.7 Å². The SMILES string of the molecule is CCCC(=O)OCC(CO)OC(=O)CCC. The zero-order valence-electron chi connectivity index (χ0n) is 9.90. The molecule has 5 nitrogen and oxygen atoms in total. The van der Waals surface area contributed by atoms with E-state index in [9.17, 15) is 9.59 Å². The molecule has 0 heterocycles. The number of aliphatic hydroxyl groups excluding tert-OH is 1. The second kappa shape index (κ2) is 9.15. The molecule has 0 amide bonds. The van der Waals surface area contributed by atoms with Crippen molar-refractivity contribution in [3.8, 4) is 0 Å². The predicted octanol–water partition coefficient (Wildman–Crippen LogP) is 1.03. The van der Waals surface area contributed by atoms with Gasteiger partial charge in [-0.1, -0.05) is 13.8 Å². The summed E-state index contributed by atoms with van der Waals surface area (Å²) >= 11 is 0. The lowest BCUT2D eigenvalue weighted by Crippen LogP contribution is -2.28. The molecule has 0 rings (SSSR count). The van der Waals surface area contributed by atoms with Crippen LogP contribution in [-0.4, -0.2) is 36.4 Å². The second-order valence-electron chi connectivity index (χ2n) is 3.48. The topological polar surface area (TPSA) is 72.8 Å². The van der Waals surface area contributed by atoms with Crippen LogP contribution < -0.4 is 0 Å². The van der Waals surface area contributed by atoms with E-state index in [0.717, 1.165) is 0 Å². The summed E-state index contributed by atoms with van der Waals surface area (Å²) in [5.74, 6) is -0.722. The Morgan fingerprint density at radius 2 is 1.69 bits per heavy atom. The van der Waals surface area contributed by atoms with Gasteiger partial charge < -0.3 is 14.6 Å². The van der Waals surface area contributed by atoms with Crippen molar-refractivity contribution >= 4 is 11.9 Å². The molecule has 0 aliphatic carbocycles.